The van der Waals surface area contributed by atoms with Gasteiger partial charge in [-0.3, -0.25) is 0 Å². The first-order valence-electron chi connectivity index (χ1n) is 3.22. The van der Waals surface area contributed by atoms with Crippen LogP contribution in [0.4, 0.5) is 0 Å². The summed E-state index contributed by atoms with van der Waals surface area (Å²) in [6.07, 6.45) is 0. The summed E-state index contributed by atoms with van der Waals surface area (Å²) in [5.41, 5.74) is -0.0197. The highest BCUT2D eigenvalue weighted by Crippen LogP contribution is 2.30. The Morgan fingerprint density at radius 3 is 1.56 bits per heavy atom. The molecular formula is C6H15BO2. The molecular weight excluding hydrogens is 115 g/mol. The van der Waals surface area contributed by atoms with Crippen LogP contribution in [0.25, 0.3) is 0 Å². The average Bonchev–Trinajstić information content (AvgIpc) is 1.62. The van der Waals surface area contributed by atoms with Crippen molar-refractivity contribution in [3.63, 3.8) is 0 Å². The third kappa shape index (κ3) is 2.87. The summed E-state index contributed by atoms with van der Waals surface area (Å²) >= 11 is 0. The molecule has 0 saturated carbocycles. The van der Waals surface area contributed by atoms with Crippen LogP contribution in [0, 0.1) is 5.41 Å². The van der Waals surface area contributed by atoms with Gasteiger partial charge in [-0.1, -0.05) is 27.7 Å². The average molecular weight is 130 g/mol. The van der Waals surface area contributed by atoms with Crippen molar-refractivity contribution in [1.29, 1.82) is 0 Å². The first-order chi connectivity index (χ1) is 3.85. The van der Waals surface area contributed by atoms with Gasteiger partial charge in [0.15, 0.2) is 0 Å². The van der Waals surface area contributed by atoms with E-state index in [1.54, 1.807) is 0 Å². The lowest BCUT2D eigenvalue weighted by atomic mass is 9.61. The van der Waals surface area contributed by atoms with E-state index in [2.05, 4.69) is 0 Å². The largest absolute Gasteiger partial charge is 0.455 e. The fourth-order valence-electron chi connectivity index (χ4n) is 0.447. The van der Waals surface area contributed by atoms with E-state index >= 15 is 0 Å². The second-order valence-electron chi connectivity index (χ2n) is 3.57. The minimum Gasteiger partial charge on any atom is -0.427 e. The third-order valence-electron chi connectivity index (χ3n) is 1.81. The van der Waals surface area contributed by atoms with Gasteiger partial charge in [0.2, 0.25) is 0 Å². The molecule has 0 amide bonds. The smallest absolute Gasteiger partial charge is 0.427 e. The van der Waals surface area contributed by atoms with Gasteiger partial charge in [-0.15, -0.1) is 0 Å². The van der Waals surface area contributed by atoms with Crippen LogP contribution < -0.4 is 0 Å². The standard InChI is InChI=1S/C6H15BO2/c1-5(7(8)9)6(2,3)4/h5,8-9H,1-4H3. The molecule has 0 spiro atoms. The first-order valence-corrected chi connectivity index (χ1v) is 3.22. The molecule has 1 unspecified atom stereocenters. The van der Waals surface area contributed by atoms with Crippen LogP contribution in [-0.2, 0) is 0 Å². The van der Waals surface area contributed by atoms with Crippen LogP contribution in [-0.4, -0.2) is 17.2 Å². The molecule has 0 heterocycles. The minimum atomic E-state index is -1.19. The Hall–Kier alpha value is -0.0151. The van der Waals surface area contributed by atoms with E-state index in [1.165, 1.54) is 0 Å². The summed E-state index contributed by atoms with van der Waals surface area (Å²) < 4.78 is 0. The SMILES string of the molecule is CC(B(O)O)C(C)(C)C. The summed E-state index contributed by atoms with van der Waals surface area (Å²) in [5, 5.41) is 17.4. The van der Waals surface area contributed by atoms with Crippen molar-refractivity contribution in [1.82, 2.24) is 0 Å². The lowest BCUT2D eigenvalue weighted by Crippen LogP contribution is -2.28. The van der Waals surface area contributed by atoms with Gasteiger partial charge < -0.3 is 10.0 Å². The van der Waals surface area contributed by atoms with E-state index in [0.717, 1.165) is 0 Å². The Morgan fingerprint density at radius 1 is 1.22 bits per heavy atom. The maximum atomic E-state index is 8.71. The molecule has 1 atom stereocenters. The van der Waals surface area contributed by atoms with Gasteiger partial charge in [0.1, 0.15) is 0 Å². The Balaban J connectivity index is 3.88. The normalized spacial score (nSPS) is 15.3. The summed E-state index contributed by atoms with van der Waals surface area (Å²) in [6, 6.07) is 0. The molecule has 0 aromatic heterocycles. The molecule has 9 heavy (non-hydrogen) atoms. The van der Waals surface area contributed by atoms with E-state index in [-0.39, 0.29) is 11.2 Å². The van der Waals surface area contributed by atoms with Crippen molar-refractivity contribution in [2.45, 2.75) is 33.5 Å². The fourth-order valence-corrected chi connectivity index (χ4v) is 0.447. The van der Waals surface area contributed by atoms with Crippen LogP contribution in [0.1, 0.15) is 27.7 Å². The van der Waals surface area contributed by atoms with E-state index in [1.807, 2.05) is 27.7 Å². The van der Waals surface area contributed by atoms with Crippen molar-refractivity contribution >= 4 is 7.12 Å². The maximum Gasteiger partial charge on any atom is 0.455 e. The Bertz CT molecular complexity index is 85.5. The van der Waals surface area contributed by atoms with Crippen LogP contribution in [0.3, 0.4) is 0 Å². The topological polar surface area (TPSA) is 40.5 Å². The summed E-state index contributed by atoms with van der Waals surface area (Å²) in [6.45, 7) is 7.77. The first kappa shape index (κ1) is 8.98. The quantitative estimate of drug-likeness (QED) is 0.517. The van der Waals surface area contributed by atoms with Gasteiger partial charge in [-0.25, -0.2) is 0 Å². The minimum absolute atomic E-state index is 0.0197. The molecule has 0 aliphatic carbocycles. The highest BCUT2D eigenvalue weighted by atomic mass is 16.4. The van der Waals surface area contributed by atoms with Crippen molar-refractivity contribution in [3.05, 3.63) is 0 Å². The maximum absolute atomic E-state index is 8.71. The lowest BCUT2D eigenvalue weighted by Gasteiger charge is -2.25. The van der Waals surface area contributed by atoms with Crippen molar-refractivity contribution in [2.75, 3.05) is 0 Å². The fraction of sp³-hybridized carbons (Fsp3) is 1.00. The van der Waals surface area contributed by atoms with Crippen LogP contribution in [0.15, 0.2) is 0 Å². The van der Waals surface area contributed by atoms with Crippen molar-refractivity contribution in [2.24, 2.45) is 5.41 Å². The highest BCUT2D eigenvalue weighted by molar-refractivity contribution is 6.43. The van der Waals surface area contributed by atoms with E-state index in [0.29, 0.717) is 0 Å². The van der Waals surface area contributed by atoms with E-state index in [9.17, 15) is 0 Å². The molecule has 0 fully saturated rings. The summed E-state index contributed by atoms with van der Waals surface area (Å²) in [7, 11) is -1.19. The second-order valence-corrected chi connectivity index (χ2v) is 3.57. The van der Waals surface area contributed by atoms with E-state index < -0.39 is 7.12 Å². The van der Waals surface area contributed by atoms with Crippen LogP contribution in [0.5, 0.6) is 0 Å². The van der Waals surface area contributed by atoms with Gasteiger partial charge in [0.05, 0.1) is 0 Å². The highest BCUT2D eigenvalue weighted by Gasteiger charge is 2.29. The van der Waals surface area contributed by atoms with E-state index in [4.69, 9.17) is 10.0 Å². The van der Waals surface area contributed by atoms with Crippen LogP contribution >= 0.6 is 0 Å². The molecule has 0 aliphatic heterocycles. The zero-order chi connectivity index (χ0) is 7.65. The molecule has 0 bridgehead atoms. The second kappa shape index (κ2) is 2.71. The molecule has 0 radical (unpaired) electrons. The molecule has 0 rings (SSSR count). The van der Waals surface area contributed by atoms with Crippen LogP contribution in [0.2, 0.25) is 5.82 Å². The van der Waals surface area contributed by atoms with Gasteiger partial charge in [-0.2, -0.15) is 0 Å². The lowest BCUT2D eigenvalue weighted by molar-refractivity contribution is 0.306. The zero-order valence-electron chi connectivity index (χ0n) is 6.55. The molecule has 0 aliphatic rings. The molecule has 0 aromatic rings. The van der Waals surface area contributed by atoms with Gasteiger partial charge in [0, 0.05) is 0 Å². The predicted octanol–water partition coefficient (Wildman–Crippen LogP) is 0.895. The zero-order valence-corrected chi connectivity index (χ0v) is 6.55. The van der Waals surface area contributed by atoms with Crippen molar-refractivity contribution in [3.8, 4) is 0 Å². The Labute approximate surface area is 57.0 Å². The Morgan fingerprint density at radius 2 is 1.56 bits per heavy atom. The van der Waals surface area contributed by atoms with Crippen molar-refractivity contribution < 1.29 is 10.0 Å². The van der Waals surface area contributed by atoms with Gasteiger partial charge >= 0.3 is 7.12 Å². The molecule has 0 saturated heterocycles. The molecule has 3 heteroatoms. The molecule has 54 valence electrons. The molecule has 0 aromatic carbocycles. The summed E-state index contributed by atoms with van der Waals surface area (Å²) in [4.78, 5) is 0. The monoisotopic (exact) mass is 130 g/mol. The predicted molar refractivity (Wildman–Crippen MR) is 39.1 cm³/mol. The van der Waals surface area contributed by atoms with Gasteiger partial charge in [-0.05, 0) is 11.2 Å². The molecule has 2 nitrogen and oxygen atoms in total. The van der Waals surface area contributed by atoms with Gasteiger partial charge in [0.25, 0.3) is 0 Å². The number of rotatable bonds is 1. The number of hydrogen-bond acceptors (Lipinski definition) is 2. The Kier molecular flexibility index (Phi) is 2.71. The third-order valence-corrected chi connectivity index (χ3v) is 1.81. The summed E-state index contributed by atoms with van der Waals surface area (Å²) in [5.74, 6) is -0.0718. The molecule has 2 N–H and O–H groups in total. The number of hydrogen-bond donors (Lipinski definition) is 2.